The third-order valence-electron chi connectivity index (χ3n) is 5.77. The number of nitrogens with zero attached hydrogens (tertiary/aromatic N) is 1. The smallest absolute Gasteiger partial charge is 0.0810 e. The van der Waals surface area contributed by atoms with Gasteiger partial charge in [0.05, 0.1) is 39.9 Å². The summed E-state index contributed by atoms with van der Waals surface area (Å²) in [5.41, 5.74) is 0. The number of ether oxygens (including phenoxy) is 1. The van der Waals surface area contributed by atoms with Crippen LogP contribution in [0.15, 0.2) is 0 Å². The Morgan fingerprint density at radius 1 is 0.640 bits per heavy atom. The van der Waals surface area contributed by atoms with Crippen LogP contribution in [0.3, 0.4) is 0 Å². The summed E-state index contributed by atoms with van der Waals surface area (Å²) in [6.07, 6.45) is 23.6. The fourth-order valence-electron chi connectivity index (χ4n) is 3.99. The minimum absolute atomic E-state index is 0.645. The third kappa shape index (κ3) is 15.9. The molecule has 0 radical (unpaired) electrons. The Bertz CT molecular complexity index is 286. The van der Waals surface area contributed by atoms with Crippen molar-refractivity contribution in [3.63, 3.8) is 0 Å². The van der Waals surface area contributed by atoms with Crippen molar-refractivity contribution >= 4 is 0 Å². The maximum Gasteiger partial charge on any atom is 0.0810 e. The molecule has 0 N–H and O–H groups in total. The van der Waals surface area contributed by atoms with Crippen molar-refractivity contribution < 1.29 is 9.22 Å². The van der Waals surface area contributed by atoms with Crippen LogP contribution in [-0.4, -0.2) is 44.4 Å². The summed E-state index contributed by atoms with van der Waals surface area (Å²) in [5.74, 6) is 0. The molecule has 0 aromatic heterocycles. The molecule has 25 heavy (non-hydrogen) atoms. The minimum Gasteiger partial charge on any atom is -0.373 e. The largest absolute Gasteiger partial charge is 0.373 e. The van der Waals surface area contributed by atoms with E-state index in [-0.39, 0.29) is 0 Å². The van der Waals surface area contributed by atoms with Gasteiger partial charge in [-0.05, 0) is 25.7 Å². The van der Waals surface area contributed by atoms with Crippen LogP contribution >= 0.6 is 0 Å². The van der Waals surface area contributed by atoms with E-state index >= 15 is 0 Å². The van der Waals surface area contributed by atoms with Crippen LogP contribution in [0.4, 0.5) is 0 Å². The van der Waals surface area contributed by atoms with Crippen LogP contribution in [0.25, 0.3) is 0 Å². The Morgan fingerprint density at radius 3 is 1.44 bits per heavy atom. The van der Waals surface area contributed by atoms with Gasteiger partial charge in [-0.25, -0.2) is 0 Å². The van der Waals surface area contributed by atoms with E-state index in [1.165, 1.54) is 120 Å². The lowest BCUT2D eigenvalue weighted by Crippen LogP contribution is -2.40. The highest BCUT2D eigenvalue weighted by Gasteiger charge is 2.20. The molecule has 1 aliphatic heterocycles. The van der Waals surface area contributed by atoms with Gasteiger partial charge in [-0.2, -0.15) is 0 Å². The van der Waals surface area contributed by atoms with Crippen molar-refractivity contribution in [2.45, 2.75) is 116 Å². The van der Waals surface area contributed by atoms with E-state index in [9.17, 15) is 0 Å². The number of rotatable bonds is 19. The predicted molar refractivity (Wildman–Crippen MR) is 111 cm³/mol. The van der Waals surface area contributed by atoms with Gasteiger partial charge in [0, 0.05) is 0 Å². The monoisotopic (exact) mass is 354 g/mol. The van der Waals surface area contributed by atoms with Crippen molar-refractivity contribution in [2.75, 3.05) is 33.8 Å². The third-order valence-corrected chi connectivity index (χ3v) is 5.77. The fraction of sp³-hybridized carbons (Fsp3) is 1.00. The fourth-order valence-corrected chi connectivity index (χ4v) is 3.99. The molecule has 0 aromatic rings. The summed E-state index contributed by atoms with van der Waals surface area (Å²) in [6, 6.07) is 0. The second kappa shape index (κ2) is 15.0. The Balaban J connectivity index is 1.67. The zero-order valence-electron chi connectivity index (χ0n) is 17.9. The van der Waals surface area contributed by atoms with Crippen LogP contribution in [0.2, 0.25) is 0 Å². The molecule has 2 nitrogen and oxygen atoms in total. The molecule has 1 atom stereocenters. The first-order chi connectivity index (χ1) is 12.1. The first kappa shape index (κ1) is 23.0. The average molecular weight is 355 g/mol. The molecule has 0 amide bonds. The Labute approximate surface area is 159 Å². The quantitative estimate of drug-likeness (QED) is 0.142. The summed E-state index contributed by atoms with van der Waals surface area (Å²) in [7, 11) is 4.76. The summed E-state index contributed by atoms with van der Waals surface area (Å²) >= 11 is 0. The van der Waals surface area contributed by atoms with E-state index in [0.717, 1.165) is 6.61 Å². The zero-order valence-corrected chi connectivity index (χ0v) is 17.9. The van der Waals surface area contributed by atoms with Gasteiger partial charge in [0.1, 0.15) is 0 Å². The zero-order chi connectivity index (χ0) is 18.2. The molecule has 150 valence electrons. The number of epoxide rings is 1. The molecule has 1 aliphatic rings. The predicted octanol–water partition coefficient (Wildman–Crippen LogP) is 6.72. The highest BCUT2D eigenvalue weighted by molar-refractivity contribution is 4.68. The van der Waals surface area contributed by atoms with Gasteiger partial charge in [-0.15, -0.1) is 0 Å². The summed E-state index contributed by atoms with van der Waals surface area (Å²) in [4.78, 5) is 0. The van der Waals surface area contributed by atoms with Crippen LogP contribution in [0.5, 0.6) is 0 Å². The van der Waals surface area contributed by atoms with Crippen LogP contribution < -0.4 is 0 Å². The van der Waals surface area contributed by atoms with Crippen molar-refractivity contribution in [1.29, 1.82) is 0 Å². The van der Waals surface area contributed by atoms with E-state index < -0.39 is 0 Å². The summed E-state index contributed by atoms with van der Waals surface area (Å²) < 4.78 is 6.46. The normalized spacial score (nSPS) is 17.2. The lowest BCUT2D eigenvalue weighted by atomic mass is 10.0. The average Bonchev–Trinajstić information content (AvgIpc) is 3.38. The molecule has 1 fully saturated rings. The SMILES string of the molecule is CCC[N+](C)(C)CCCCCCCCCCCCCCCCC1CO1. The molecule has 1 unspecified atom stereocenters. The van der Waals surface area contributed by atoms with E-state index in [4.69, 9.17) is 4.74 Å². The number of unbranched alkanes of at least 4 members (excludes halogenated alkanes) is 13. The van der Waals surface area contributed by atoms with Crippen molar-refractivity contribution in [1.82, 2.24) is 0 Å². The van der Waals surface area contributed by atoms with Crippen LogP contribution in [-0.2, 0) is 4.74 Å². The molecular weight excluding hydrogens is 306 g/mol. The molecule has 0 saturated carbocycles. The minimum atomic E-state index is 0.645. The second-order valence-electron chi connectivity index (χ2n) is 9.08. The van der Waals surface area contributed by atoms with Crippen molar-refractivity contribution in [3.05, 3.63) is 0 Å². The molecule has 0 aromatic carbocycles. The molecule has 1 saturated heterocycles. The number of hydrogen-bond donors (Lipinski definition) is 0. The van der Waals surface area contributed by atoms with E-state index in [0.29, 0.717) is 6.10 Å². The second-order valence-corrected chi connectivity index (χ2v) is 9.08. The van der Waals surface area contributed by atoms with Gasteiger partial charge in [0.15, 0.2) is 0 Å². The lowest BCUT2D eigenvalue weighted by Gasteiger charge is -2.29. The van der Waals surface area contributed by atoms with Gasteiger partial charge in [0.2, 0.25) is 0 Å². The first-order valence-electron chi connectivity index (χ1n) is 11.6. The maximum absolute atomic E-state index is 5.25. The van der Waals surface area contributed by atoms with Crippen molar-refractivity contribution in [2.24, 2.45) is 0 Å². The first-order valence-corrected chi connectivity index (χ1v) is 11.6. The van der Waals surface area contributed by atoms with Gasteiger partial charge in [-0.1, -0.05) is 84.0 Å². The maximum atomic E-state index is 5.25. The van der Waals surface area contributed by atoms with E-state index in [1.807, 2.05) is 0 Å². The topological polar surface area (TPSA) is 12.5 Å². The van der Waals surface area contributed by atoms with E-state index in [1.54, 1.807) is 0 Å². The van der Waals surface area contributed by atoms with Gasteiger partial charge in [-0.3, -0.25) is 0 Å². The van der Waals surface area contributed by atoms with Crippen molar-refractivity contribution in [3.8, 4) is 0 Å². The molecule has 1 heterocycles. The van der Waals surface area contributed by atoms with Gasteiger partial charge < -0.3 is 9.22 Å². The highest BCUT2D eigenvalue weighted by Crippen LogP contribution is 2.18. The standard InChI is InChI=1S/C23H48NO/c1-4-20-24(2,3)21-18-16-14-12-10-8-6-5-7-9-11-13-15-17-19-23-22-25-23/h23H,4-22H2,1-3H3/q+1. The summed E-state index contributed by atoms with van der Waals surface area (Å²) in [6.45, 7) is 6.03. The molecule has 0 spiro atoms. The van der Waals surface area contributed by atoms with Gasteiger partial charge in [0.25, 0.3) is 0 Å². The van der Waals surface area contributed by atoms with Crippen LogP contribution in [0, 0.1) is 0 Å². The van der Waals surface area contributed by atoms with Crippen LogP contribution in [0.1, 0.15) is 110 Å². The molecular formula is C23H48NO+. The number of quaternary nitrogens is 1. The Morgan fingerprint density at radius 2 is 1.04 bits per heavy atom. The number of hydrogen-bond acceptors (Lipinski definition) is 1. The van der Waals surface area contributed by atoms with E-state index in [2.05, 4.69) is 21.0 Å². The summed E-state index contributed by atoms with van der Waals surface area (Å²) in [5, 5.41) is 0. The van der Waals surface area contributed by atoms with Gasteiger partial charge >= 0.3 is 0 Å². The Hall–Kier alpha value is -0.0800. The highest BCUT2D eigenvalue weighted by atomic mass is 16.6. The Kier molecular flexibility index (Phi) is 13.8. The molecule has 1 rings (SSSR count). The molecule has 0 bridgehead atoms. The molecule has 0 aliphatic carbocycles. The lowest BCUT2D eigenvalue weighted by molar-refractivity contribution is -0.890. The molecule has 2 heteroatoms.